The monoisotopic (exact) mass is 520 g/mol. The number of nitro benzene ring substituents is 3. The first-order chi connectivity index (χ1) is 17.0. The molecule has 0 spiro atoms. The molecule has 0 saturated heterocycles. The molecule has 0 saturated carbocycles. The van der Waals surface area contributed by atoms with Gasteiger partial charge in [-0.25, -0.2) is 0 Å². The van der Waals surface area contributed by atoms with E-state index in [1.54, 1.807) is 0 Å². The second-order valence-electron chi connectivity index (χ2n) is 7.56. The van der Waals surface area contributed by atoms with Crippen LogP contribution in [0.5, 0.6) is 0 Å². The predicted molar refractivity (Wildman–Crippen MR) is 124 cm³/mol. The number of nitro groups is 3. The Bertz CT molecular complexity index is 1280. The number of non-ortho nitro benzene ring substituents is 2. The number of carbonyl (C=O) groups is 2. The maximum Gasteiger partial charge on any atom is 0.500 e. The van der Waals surface area contributed by atoms with Gasteiger partial charge < -0.3 is 18.6 Å². The fraction of sp³-hybridized carbons (Fsp3) is 0.300. The summed E-state index contributed by atoms with van der Waals surface area (Å²) in [6, 6.07) is 3.65. The Morgan fingerprint density at radius 3 is 1.89 bits per heavy atom. The van der Waals surface area contributed by atoms with Gasteiger partial charge in [0.25, 0.3) is 23.0 Å². The minimum absolute atomic E-state index is 0.0598. The fourth-order valence-electron chi connectivity index (χ4n) is 3.97. The van der Waals surface area contributed by atoms with Crippen LogP contribution in [-0.4, -0.2) is 63.1 Å². The number of rotatable bonds is 11. The quantitative estimate of drug-likeness (QED) is 0.168. The molecule has 16 heteroatoms. The van der Waals surface area contributed by atoms with E-state index in [0.29, 0.717) is 18.5 Å². The Labute approximate surface area is 203 Å². The van der Waals surface area contributed by atoms with Crippen LogP contribution in [0.3, 0.4) is 0 Å². The van der Waals surface area contributed by atoms with Crippen LogP contribution >= 0.6 is 0 Å². The standard InChI is InChI=1S/C20H20N4O11Si/c1-33-36(34-2,35-3)6-4-5-21-20(26)15-9-11(22(27)28)7-13-17(15)18-14(19(13)25)8-12(23(29)30)10-16(18)24(31)32/h7-10H,4-6H2,1-3H3,(H,21,26). The van der Waals surface area contributed by atoms with Gasteiger partial charge in [-0.2, -0.15) is 0 Å². The minimum Gasteiger partial charge on any atom is -0.377 e. The van der Waals surface area contributed by atoms with Crippen LogP contribution in [0.1, 0.15) is 32.7 Å². The summed E-state index contributed by atoms with van der Waals surface area (Å²) in [7, 11) is 1.36. The largest absolute Gasteiger partial charge is 0.500 e. The second-order valence-corrected chi connectivity index (χ2v) is 10.6. The van der Waals surface area contributed by atoms with Gasteiger partial charge in [0.1, 0.15) is 0 Å². The number of hydrogen-bond donors (Lipinski definition) is 1. The van der Waals surface area contributed by atoms with Crippen molar-refractivity contribution in [2.45, 2.75) is 12.5 Å². The van der Waals surface area contributed by atoms with Crippen molar-refractivity contribution >= 4 is 37.6 Å². The Balaban J connectivity index is 2.06. The topological polar surface area (TPSA) is 203 Å². The molecule has 0 unspecified atom stereocenters. The van der Waals surface area contributed by atoms with Gasteiger partial charge in [-0.1, -0.05) is 0 Å². The smallest absolute Gasteiger partial charge is 0.377 e. The molecule has 0 atom stereocenters. The molecule has 1 amide bonds. The van der Waals surface area contributed by atoms with E-state index < -0.39 is 57.9 Å². The van der Waals surface area contributed by atoms with Crippen molar-refractivity contribution < 1.29 is 37.6 Å². The molecule has 0 fully saturated rings. The van der Waals surface area contributed by atoms with Gasteiger partial charge in [-0.05, 0) is 6.42 Å². The lowest BCUT2D eigenvalue weighted by Crippen LogP contribution is -2.43. The van der Waals surface area contributed by atoms with E-state index in [-0.39, 0.29) is 28.8 Å². The van der Waals surface area contributed by atoms with Gasteiger partial charge in [0.2, 0.25) is 0 Å². The summed E-state index contributed by atoms with van der Waals surface area (Å²) in [5, 5.41) is 37.0. The van der Waals surface area contributed by atoms with E-state index in [1.807, 2.05) is 0 Å². The summed E-state index contributed by atoms with van der Waals surface area (Å²) < 4.78 is 15.9. The first kappa shape index (κ1) is 26.5. The number of nitrogens with zero attached hydrogens (tertiary/aromatic N) is 3. The zero-order valence-electron chi connectivity index (χ0n) is 19.3. The van der Waals surface area contributed by atoms with Crippen molar-refractivity contribution in [3.63, 3.8) is 0 Å². The van der Waals surface area contributed by atoms with Crippen molar-refractivity contribution in [1.82, 2.24) is 5.32 Å². The Kier molecular flexibility index (Phi) is 7.53. The van der Waals surface area contributed by atoms with E-state index >= 15 is 0 Å². The van der Waals surface area contributed by atoms with E-state index in [1.165, 1.54) is 21.3 Å². The molecule has 190 valence electrons. The number of fused-ring (bicyclic) bond motifs is 3. The molecular weight excluding hydrogens is 500 g/mol. The van der Waals surface area contributed by atoms with E-state index in [9.17, 15) is 39.9 Å². The number of nitrogens with one attached hydrogen (secondary N) is 1. The van der Waals surface area contributed by atoms with Gasteiger partial charge in [0.15, 0.2) is 5.78 Å². The normalized spacial score (nSPS) is 12.1. The number of carbonyl (C=O) groups excluding carboxylic acids is 2. The maximum atomic E-state index is 13.1. The Hall–Kier alpha value is -4.12. The minimum atomic E-state index is -2.92. The molecular formula is C20H20N4O11Si. The van der Waals surface area contributed by atoms with Gasteiger partial charge in [0.05, 0.1) is 32.0 Å². The highest BCUT2D eigenvalue weighted by molar-refractivity contribution is 6.60. The molecule has 2 aromatic rings. The average Bonchev–Trinajstić information content (AvgIpc) is 3.15. The number of hydrogen-bond acceptors (Lipinski definition) is 11. The van der Waals surface area contributed by atoms with Crippen LogP contribution in [0, 0.1) is 30.3 Å². The van der Waals surface area contributed by atoms with Gasteiger partial charge >= 0.3 is 8.80 Å². The van der Waals surface area contributed by atoms with E-state index in [2.05, 4.69) is 5.32 Å². The van der Waals surface area contributed by atoms with Crippen LogP contribution in [0.2, 0.25) is 6.04 Å². The van der Waals surface area contributed by atoms with Crippen molar-refractivity contribution in [3.8, 4) is 11.1 Å². The van der Waals surface area contributed by atoms with Crippen LogP contribution in [0.4, 0.5) is 17.1 Å². The van der Waals surface area contributed by atoms with Crippen LogP contribution in [0.15, 0.2) is 24.3 Å². The molecule has 3 rings (SSSR count). The van der Waals surface area contributed by atoms with Crippen molar-refractivity contribution in [1.29, 1.82) is 0 Å². The second kappa shape index (κ2) is 10.2. The molecule has 0 aliphatic heterocycles. The van der Waals surface area contributed by atoms with Crippen molar-refractivity contribution in [3.05, 3.63) is 71.3 Å². The van der Waals surface area contributed by atoms with Crippen LogP contribution in [0.25, 0.3) is 11.1 Å². The lowest BCUT2D eigenvalue weighted by Gasteiger charge is -2.24. The van der Waals surface area contributed by atoms with Crippen LogP contribution in [-0.2, 0) is 13.3 Å². The highest BCUT2D eigenvalue weighted by Gasteiger charge is 2.40. The lowest BCUT2D eigenvalue weighted by molar-refractivity contribution is -0.393. The Morgan fingerprint density at radius 2 is 1.39 bits per heavy atom. The Morgan fingerprint density at radius 1 is 0.861 bits per heavy atom. The van der Waals surface area contributed by atoms with Gasteiger partial charge in [-0.15, -0.1) is 0 Å². The third-order valence-corrected chi connectivity index (χ3v) is 8.54. The highest BCUT2D eigenvalue weighted by atomic mass is 28.4. The summed E-state index contributed by atoms with van der Waals surface area (Å²) in [6.07, 6.45) is 0.340. The maximum absolute atomic E-state index is 13.1. The molecule has 2 aromatic carbocycles. The SMILES string of the molecule is CO[Si](CCCNC(=O)c1cc([N+](=O)[O-])cc2c1-c1c(cc([N+](=O)[O-])cc1[N+](=O)[O-])C2=O)(OC)OC. The number of benzene rings is 2. The molecule has 0 radical (unpaired) electrons. The summed E-state index contributed by atoms with van der Waals surface area (Å²) in [5.41, 5.74) is -3.66. The molecule has 0 bridgehead atoms. The van der Waals surface area contributed by atoms with Crippen molar-refractivity contribution in [2.24, 2.45) is 0 Å². The fourth-order valence-corrected chi connectivity index (χ4v) is 5.69. The highest BCUT2D eigenvalue weighted by Crippen LogP contribution is 2.47. The number of ketones is 1. The molecule has 1 aliphatic carbocycles. The van der Waals surface area contributed by atoms with E-state index in [0.717, 1.165) is 18.2 Å². The summed E-state index contributed by atoms with van der Waals surface area (Å²) in [4.78, 5) is 57.9. The zero-order chi connectivity index (χ0) is 26.8. The lowest BCUT2D eigenvalue weighted by atomic mass is 9.96. The predicted octanol–water partition coefficient (Wildman–Crippen LogP) is 2.62. The summed E-state index contributed by atoms with van der Waals surface area (Å²) >= 11 is 0. The summed E-state index contributed by atoms with van der Waals surface area (Å²) in [6.45, 7) is 0.0598. The molecule has 0 aromatic heterocycles. The van der Waals surface area contributed by atoms with Gasteiger partial charge in [0, 0.05) is 68.8 Å². The summed E-state index contributed by atoms with van der Waals surface area (Å²) in [5.74, 6) is -1.73. The first-order valence-electron chi connectivity index (χ1n) is 10.3. The number of amides is 1. The molecule has 15 nitrogen and oxygen atoms in total. The first-order valence-corrected chi connectivity index (χ1v) is 12.2. The third kappa shape index (κ3) is 4.69. The molecule has 1 aliphatic rings. The zero-order valence-corrected chi connectivity index (χ0v) is 20.3. The third-order valence-electron chi connectivity index (χ3n) is 5.71. The van der Waals surface area contributed by atoms with Gasteiger partial charge in [-0.3, -0.25) is 39.9 Å². The molecule has 0 heterocycles. The van der Waals surface area contributed by atoms with E-state index in [4.69, 9.17) is 13.3 Å². The molecule has 36 heavy (non-hydrogen) atoms. The van der Waals surface area contributed by atoms with Crippen molar-refractivity contribution in [2.75, 3.05) is 27.9 Å². The van der Waals surface area contributed by atoms with Crippen LogP contribution < -0.4 is 5.32 Å². The molecule has 1 N–H and O–H groups in total. The average molecular weight is 520 g/mol.